The number of anilines is 1. The zero-order chi connectivity index (χ0) is 14.6. The first-order chi connectivity index (χ1) is 8.71. The highest BCUT2D eigenvalue weighted by Gasteiger charge is 2.31. The molecule has 0 saturated carbocycles. The number of hydrogen-bond acceptors (Lipinski definition) is 2. The predicted octanol–water partition coefficient (Wildman–Crippen LogP) is 4.15. The third-order valence-electron chi connectivity index (χ3n) is 3.03. The number of rotatable bonds is 5. The molecule has 0 spiro atoms. The fourth-order valence-corrected chi connectivity index (χ4v) is 1.91. The summed E-state index contributed by atoms with van der Waals surface area (Å²) >= 11 is 0. The van der Waals surface area contributed by atoms with Crippen LogP contribution in [-0.4, -0.2) is 5.11 Å². The second-order valence-corrected chi connectivity index (χ2v) is 5.18. The molecule has 0 aliphatic heterocycles. The lowest BCUT2D eigenvalue weighted by Gasteiger charge is -2.16. The second-order valence-electron chi connectivity index (χ2n) is 5.18. The number of hydrogen-bond donors (Lipinski definition) is 2. The fraction of sp³-hybridized carbons (Fsp3) is 0.571. The molecule has 5 heteroatoms. The van der Waals surface area contributed by atoms with Crippen LogP contribution in [-0.2, 0) is 6.18 Å². The van der Waals surface area contributed by atoms with E-state index in [1.807, 2.05) is 0 Å². The Balaban J connectivity index is 2.81. The van der Waals surface area contributed by atoms with Gasteiger partial charge in [-0.3, -0.25) is 0 Å². The van der Waals surface area contributed by atoms with Crippen LogP contribution in [0.4, 0.5) is 18.9 Å². The molecule has 108 valence electrons. The van der Waals surface area contributed by atoms with Gasteiger partial charge in [-0.15, -0.1) is 0 Å². The van der Waals surface area contributed by atoms with Crippen LogP contribution < -0.4 is 5.73 Å². The maximum absolute atomic E-state index is 12.6. The first-order valence-electron chi connectivity index (χ1n) is 6.36. The summed E-state index contributed by atoms with van der Waals surface area (Å²) in [6.07, 6.45) is -3.25. The zero-order valence-electron chi connectivity index (χ0n) is 11.2. The van der Waals surface area contributed by atoms with Crippen molar-refractivity contribution in [1.82, 2.24) is 0 Å². The molecular weight excluding hydrogens is 255 g/mol. The van der Waals surface area contributed by atoms with E-state index in [4.69, 9.17) is 5.73 Å². The van der Waals surface area contributed by atoms with Crippen LogP contribution in [0.5, 0.6) is 0 Å². The molecule has 0 aliphatic rings. The first-order valence-corrected chi connectivity index (χ1v) is 6.36. The van der Waals surface area contributed by atoms with Gasteiger partial charge in [-0.25, -0.2) is 0 Å². The van der Waals surface area contributed by atoms with Crippen LogP contribution >= 0.6 is 0 Å². The molecule has 19 heavy (non-hydrogen) atoms. The molecule has 0 heterocycles. The smallest absolute Gasteiger partial charge is 0.398 e. The van der Waals surface area contributed by atoms with Crippen LogP contribution in [0.1, 0.15) is 50.3 Å². The Morgan fingerprint density at radius 1 is 1.21 bits per heavy atom. The van der Waals surface area contributed by atoms with Gasteiger partial charge in [0.2, 0.25) is 0 Å². The van der Waals surface area contributed by atoms with Gasteiger partial charge in [-0.05, 0) is 30.5 Å². The molecule has 0 aromatic heterocycles. The van der Waals surface area contributed by atoms with Crippen LogP contribution in [0.2, 0.25) is 0 Å². The third kappa shape index (κ3) is 4.74. The summed E-state index contributed by atoms with van der Waals surface area (Å²) in [6.45, 7) is 4.12. The number of aliphatic hydroxyl groups is 1. The topological polar surface area (TPSA) is 46.2 Å². The van der Waals surface area contributed by atoms with Gasteiger partial charge in [0.15, 0.2) is 0 Å². The van der Waals surface area contributed by atoms with E-state index >= 15 is 0 Å². The standard InChI is InChI=1S/C14H20F3NO/c1-9(2)4-3-5-13(19)11-8-10(14(15,16)17)6-7-12(11)18/h6-9,13,19H,3-5,18H2,1-2H3. The summed E-state index contributed by atoms with van der Waals surface area (Å²) in [6, 6.07) is 3.07. The summed E-state index contributed by atoms with van der Waals surface area (Å²) in [5, 5.41) is 9.96. The maximum atomic E-state index is 12.6. The van der Waals surface area contributed by atoms with Crippen LogP contribution in [0.25, 0.3) is 0 Å². The Morgan fingerprint density at radius 2 is 1.84 bits per heavy atom. The molecule has 0 bridgehead atoms. The molecule has 1 unspecified atom stereocenters. The molecule has 1 aromatic rings. The number of benzene rings is 1. The van der Waals surface area contributed by atoms with Gasteiger partial charge in [0.05, 0.1) is 11.7 Å². The summed E-state index contributed by atoms with van der Waals surface area (Å²) in [5.41, 5.74) is 5.22. The lowest BCUT2D eigenvalue weighted by molar-refractivity contribution is -0.137. The van der Waals surface area contributed by atoms with Crippen molar-refractivity contribution in [3.8, 4) is 0 Å². The van der Waals surface area contributed by atoms with E-state index in [9.17, 15) is 18.3 Å². The quantitative estimate of drug-likeness (QED) is 0.793. The number of aliphatic hydroxyl groups excluding tert-OH is 1. The number of nitrogens with two attached hydrogens (primary N) is 1. The molecule has 0 fully saturated rings. The van der Waals surface area contributed by atoms with E-state index in [0.717, 1.165) is 25.0 Å². The Bertz CT molecular complexity index is 416. The number of halogens is 3. The molecule has 1 aromatic carbocycles. The minimum absolute atomic E-state index is 0.165. The lowest BCUT2D eigenvalue weighted by atomic mass is 9.97. The van der Waals surface area contributed by atoms with E-state index in [-0.39, 0.29) is 11.3 Å². The van der Waals surface area contributed by atoms with Gasteiger partial charge in [-0.1, -0.05) is 26.7 Å². The van der Waals surface area contributed by atoms with Crippen molar-refractivity contribution in [2.75, 3.05) is 5.73 Å². The van der Waals surface area contributed by atoms with Gasteiger partial charge >= 0.3 is 6.18 Å². The van der Waals surface area contributed by atoms with Crippen molar-refractivity contribution in [1.29, 1.82) is 0 Å². The monoisotopic (exact) mass is 275 g/mol. The molecule has 2 nitrogen and oxygen atoms in total. The summed E-state index contributed by atoms with van der Waals surface area (Å²) in [4.78, 5) is 0. The highest BCUT2D eigenvalue weighted by molar-refractivity contribution is 5.50. The van der Waals surface area contributed by atoms with Gasteiger partial charge < -0.3 is 10.8 Å². The molecule has 0 radical (unpaired) electrons. The van der Waals surface area contributed by atoms with E-state index in [0.29, 0.717) is 12.3 Å². The average Bonchev–Trinajstić information content (AvgIpc) is 2.27. The summed E-state index contributed by atoms with van der Waals surface area (Å²) in [5.74, 6) is 0.506. The molecule has 0 aliphatic carbocycles. The summed E-state index contributed by atoms with van der Waals surface area (Å²) in [7, 11) is 0. The van der Waals surface area contributed by atoms with Crippen molar-refractivity contribution in [2.45, 2.75) is 45.4 Å². The number of alkyl halides is 3. The largest absolute Gasteiger partial charge is 0.416 e. The maximum Gasteiger partial charge on any atom is 0.416 e. The molecule has 1 atom stereocenters. The van der Waals surface area contributed by atoms with E-state index in [1.54, 1.807) is 0 Å². The highest BCUT2D eigenvalue weighted by atomic mass is 19.4. The van der Waals surface area contributed by atoms with Crippen molar-refractivity contribution in [3.05, 3.63) is 29.3 Å². The molecule has 0 saturated heterocycles. The van der Waals surface area contributed by atoms with Crippen molar-refractivity contribution >= 4 is 5.69 Å². The second kappa shape index (κ2) is 6.28. The van der Waals surface area contributed by atoms with Gasteiger partial charge in [-0.2, -0.15) is 13.2 Å². The fourth-order valence-electron chi connectivity index (χ4n) is 1.91. The van der Waals surface area contributed by atoms with Crippen LogP contribution in [0.15, 0.2) is 18.2 Å². The Morgan fingerprint density at radius 3 is 2.37 bits per heavy atom. The van der Waals surface area contributed by atoms with E-state index in [2.05, 4.69) is 13.8 Å². The minimum atomic E-state index is -4.42. The Hall–Kier alpha value is -1.23. The zero-order valence-corrected chi connectivity index (χ0v) is 11.2. The summed E-state index contributed by atoms with van der Waals surface area (Å²) < 4.78 is 37.8. The van der Waals surface area contributed by atoms with E-state index < -0.39 is 17.8 Å². The Labute approximate surface area is 111 Å². The van der Waals surface area contributed by atoms with Gasteiger partial charge in [0.1, 0.15) is 0 Å². The predicted molar refractivity (Wildman–Crippen MR) is 69.5 cm³/mol. The highest BCUT2D eigenvalue weighted by Crippen LogP contribution is 2.34. The Kier molecular flexibility index (Phi) is 5.23. The SMILES string of the molecule is CC(C)CCCC(O)c1cc(C(F)(F)F)ccc1N. The lowest BCUT2D eigenvalue weighted by Crippen LogP contribution is -2.09. The third-order valence-corrected chi connectivity index (χ3v) is 3.03. The van der Waals surface area contributed by atoms with Gasteiger partial charge in [0.25, 0.3) is 0 Å². The van der Waals surface area contributed by atoms with Crippen molar-refractivity contribution in [3.63, 3.8) is 0 Å². The first kappa shape index (κ1) is 15.8. The average molecular weight is 275 g/mol. The van der Waals surface area contributed by atoms with Crippen LogP contribution in [0, 0.1) is 5.92 Å². The van der Waals surface area contributed by atoms with Crippen LogP contribution in [0.3, 0.4) is 0 Å². The molecule has 1 rings (SSSR count). The molecular formula is C14H20F3NO. The van der Waals surface area contributed by atoms with Crippen molar-refractivity contribution < 1.29 is 18.3 Å². The molecule has 3 N–H and O–H groups in total. The number of nitrogen functional groups attached to an aromatic ring is 1. The van der Waals surface area contributed by atoms with Gasteiger partial charge in [0, 0.05) is 11.3 Å². The normalized spacial score (nSPS) is 13.8. The van der Waals surface area contributed by atoms with Crippen molar-refractivity contribution in [2.24, 2.45) is 5.92 Å². The van der Waals surface area contributed by atoms with E-state index in [1.165, 1.54) is 6.07 Å². The molecule has 0 amide bonds. The minimum Gasteiger partial charge on any atom is -0.398 e.